The van der Waals surface area contributed by atoms with E-state index in [1.807, 2.05) is 26.0 Å². The molecule has 0 amide bonds. The molecule has 0 radical (unpaired) electrons. The minimum absolute atomic E-state index is 0.0958. The van der Waals surface area contributed by atoms with Gasteiger partial charge in [-0.05, 0) is 43.5 Å². The Hall–Kier alpha value is -1.55. The molecule has 20 heavy (non-hydrogen) atoms. The van der Waals surface area contributed by atoms with Crippen molar-refractivity contribution >= 4 is 5.97 Å². The van der Waals surface area contributed by atoms with Crippen molar-refractivity contribution in [3.8, 4) is 5.75 Å². The second-order valence-electron chi connectivity index (χ2n) is 5.64. The van der Waals surface area contributed by atoms with Crippen LogP contribution in [0.5, 0.6) is 5.75 Å². The lowest BCUT2D eigenvalue weighted by Crippen LogP contribution is -2.53. The lowest BCUT2D eigenvalue weighted by atomic mass is 10.0. The topological polar surface area (TPSA) is 58.6 Å². The number of hydrogen-bond donors (Lipinski definition) is 2. The second kappa shape index (κ2) is 6.75. The molecule has 0 aliphatic carbocycles. The highest BCUT2D eigenvalue weighted by molar-refractivity contribution is 5.78. The Kier molecular flexibility index (Phi) is 5.57. The fraction of sp³-hybridized carbons (Fsp3) is 0.562. The minimum Gasteiger partial charge on any atom is -0.491 e. The second-order valence-corrected chi connectivity index (χ2v) is 5.64. The van der Waals surface area contributed by atoms with Crippen LogP contribution in [-0.2, 0) is 4.79 Å². The van der Waals surface area contributed by atoms with Crippen molar-refractivity contribution in [3.05, 3.63) is 29.3 Å². The van der Waals surface area contributed by atoms with Gasteiger partial charge in [0.1, 0.15) is 17.9 Å². The van der Waals surface area contributed by atoms with Gasteiger partial charge in [-0.15, -0.1) is 0 Å². The maximum absolute atomic E-state index is 11.4. The van der Waals surface area contributed by atoms with E-state index in [-0.39, 0.29) is 6.61 Å². The third-order valence-electron chi connectivity index (χ3n) is 3.43. The summed E-state index contributed by atoms with van der Waals surface area (Å²) in [4.78, 5) is 11.4. The van der Waals surface area contributed by atoms with Gasteiger partial charge in [0, 0.05) is 0 Å². The Morgan fingerprint density at radius 3 is 2.60 bits per heavy atom. The number of aliphatic carboxylic acids is 1. The molecule has 0 spiro atoms. The van der Waals surface area contributed by atoms with E-state index in [2.05, 4.69) is 25.2 Å². The summed E-state index contributed by atoms with van der Waals surface area (Å²) in [5.74, 6) is 0.260. The van der Waals surface area contributed by atoms with E-state index in [9.17, 15) is 9.90 Å². The fourth-order valence-corrected chi connectivity index (χ4v) is 1.93. The molecule has 112 valence electrons. The van der Waals surface area contributed by atoms with Gasteiger partial charge in [-0.1, -0.05) is 32.9 Å². The van der Waals surface area contributed by atoms with Crippen LogP contribution < -0.4 is 10.1 Å². The molecule has 0 aromatic heterocycles. The number of carboxylic acids is 1. The zero-order valence-corrected chi connectivity index (χ0v) is 13.0. The molecule has 1 unspecified atom stereocenters. The molecule has 0 bridgehead atoms. The van der Waals surface area contributed by atoms with Gasteiger partial charge >= 0.3 is 5.97 Å². The number of rotatable bonds is 7. The molecule has 2 N–H and O–H groups in total. The van der Waals surface area contributed by atoms with Crippen LogP contribution in [0.1, 0.15) is 44.7 Å². The summed E-state index contributed by atoms with van der Waals surface area (Å²) in [5.41, 5.74) is 1.12. The summed E-state index contributed by atoms with van der Waals surface area (Å²) >= 11 is 0. The third kappa shape index (κ3) is 3.97. The fourth-order valence-electron chi connectivity index (χ4n) is 1.93. The van der Waals surface area contributed by atoms with Crippen molar-refractivity contribution in [1.82, 2.24) is 5.32 Å². The first-order valence-electron chi connectivity index (χ1n) is 7.02. The van der Waals surface area contributed by atoms with Crippen LogP contribution in [0.15, 0.2) is 18.2 Å². The van der Waals surface area contributed by atoms with Gasteiger partial charge < -0.3 is 9.84 Å². The Labute approximate surface area is 121 Å². The number of carboxylic acid groups (broad SMARTS) is 1. The van der Waals surface area contributed by atoms with E-state index in [0.29, 0.717) is 12.5 Å². The zero-order chi connectivity index (χ0) is 15.3. The number of carbonyl (C=O) groups is 1. The van der Waals surface area contributed by atoms with E-state index in [1.165, 1.54) is 5.56 Å². The van der Waals surface area contributed by atoms with Crippen LogP contribution in [0.4, 0.5) is 0 Å². The standard InChI is InChI=1S/C16H25NO3/c1-6-17-16(5,15(18)19)10-20-14-9-13(11(2)3)8-7-12(14)4/h7-9,11,17H,6,10H2,1-5H3,(H,18,19). The highest BCUT2D eigenvalue weighted by atomic mass is 16.5. The summed E-state index contributed by atoms with van der Waals surface area (Å²) in [5, 5.41) is 12.3. The number of ether oxygens (including phenoxy) is 1. The molecular weight excluding hydrogens is 254 g/mol. The van der Waals surface area contributed by atoms with Crippen LogP contribution in [0, 0.1) is 6.92 Å². The number of aryl methyl sites for hydroxylation is 1. The first kappa shape index (κ1) is 16.5. The molecule has 1 aromatic rings. The van der Waals surface area contributed by atoms with Crippen LogP contribution in [-0.4, -0.2) is 29.8 Å². The van der Waals surface area contributed by atoms with Crippen LogP contribution in [0.2, 0.25) is 0 Å². The normalized spacial score (nSPS) is 14.1. The SMILES string of the molecule is CCNC(C)(COc1cc(C(C)C)ccc1C)C(=O)O. The maximum Gasteiger partial charge on any atom is 0.327 e. The number of nitrogens with one attached hydrogen (secondary N) is 1. The van der Waals surface area contributed by atoms with Crippen molar-refractivity contribution < 1.29 is 14.6 Å². The van der Waals surface area contributed by atoms with E-state index in [1.54, 1.807) is 6.92 Å². The van der Waals surface area contributed by atoms with Gasteiger partial charge in [0.05, 0.1) is 0 Å². The largest absolute Gasteiger partial charge is 0.491 e. The first-order valence-corrected chi connectivity index (χ1v) is 7.02. The van der Waals surface area contributed by atoms with E-state index in [4.69, 9.17) is 4.74 Å². The minimum atomic E-state index is -1.07. The Bertz CT molecular complexity index is 471. The van der Waals surface area contributed by atoms with Crippen molar-refractivity contribution in [2.75, 3.05) is 13.2 Å². The summed E-state index contributed by atoms with van der Waals surface area (Å²) in [6.45, 7) is 10.4. The molecule has 0 saturated carbocycles. The van der Waals surface area contributed by atoms with Gasteiger partial charge in [-0.25, -0.2) is 0 Å². The zero-order valence-electron chi connectivity index (χ0n) is 13.0. The van der Waals surface area contributed by atoms with Gasteiger partial charge in [-0.2, -0.15) is 0 Å². The molecule has 0 heterocycles. The van der Waals surface area contributed by atoms with Crippen LogP contribution in [0.25, 0.3) is 0 Å². The third-order valence-corrected chi connectivity index (χ3v) is 3.43. The molecule has 0 fully saturated rings. The first-order chi connectivity index (χ1) is 9.30. The Morgan fingerprint density at radius 2 is 2.10 bits per heavy atom. The molecular formula is C16H25NO3. The van der Waals surface area contributed by atoms with E-state index in [0.717, 1.165) is 11.3 Å². The maximum atomic E-state index is 11.4. The summed E-state index contributed by atoms with van der Waals surface area (Å²) in [7, 11) is 0. The molecule has 1 atom stereocenters. The van der Waals surface area contributed by atoms with Gasteiger partial charge in [-0.3, -0.25) is 10.1 Å². The monoisotopic (exact) mass is 279 g/mol. The number of hydrogen-bond acceptors (Lipinski definition) is 3. The molecule has 0 aliphatic rings. The molecule has 4 heteroatoms. The molecule has 0 aliphatic heterocycles. The Balaban J connectivity index is 2.87. The van der Waals surface area contributed by atoms with Crippen molar-refractivity contribution in [2.45, 2.75) is 46.1 Å². The highest BCUT2D eigenvalue weighted by Crippen LogP contribution is 2.25. The lowest BCUT2D eigenvalue weighted by molar-refractivity contribution is -0.145. The summed E-state index contributed by atoms with van der Waals surface area (Å²) in [6, 6.07) is 6.08. The van der Waals surface area contributed by atoms with Gasteiger partial charge in [0.15, 0.2) is 0 Å². The summed E-state index contributed by atoms with van der Waals surface area (Å²) < 4.78 is 5.76. The van der Waals surface area contributed by atoms with Crippen molar-refractivity contribution in [1.29, 1.82) is 0 Å². The van der Waals surface area contributed by atoms with Gasteiger partial charge in [0.2, 0.25) is 0 Å². The average Bonchev–Trinajstić information content (AvgIpc) is 2.37. The Morgan fingerprint density at radius 1 is 1.45 bits per heavy atom. The van der Waals surface area contributed by atoms with Gasteiger partial charge in [0.25, 0.3) is 0 Å². The van der Waals surface area contributed by atoms with E-state index < -0.39 is 11.5 Å². The number of benzene rings is 1. The smallest absolute Gasteiger partial charge is 0.327 e. The van der Waals surface area contributed by atoms with Crippen LogP contribution >= 0.6 is 0 Å². The quantitative estimate of drug-likeness (QED) is 0.805. The van der Waals surface area contributed by atoms with Crippen LogP contribution in [0.3, 0.4) is 0 Å². The lowest BCUT2D eigenvalue weighted by Gasteiger charge is -2.26. The highest BCUT2D eigenvalue weighted by Gasteiger charge is 2.33. The average molecular weight is 279 g/mol. The predicted octanol–water partition coefficient (Wildman–Crippen LogP) is 2.95. The van der Waals surface area contributed by atoms with Crippen molar-refractivity contribution in [2.24, 2.45) is 0 Å². The number of likely N-dealkylation sites (N-methyl/N-ethyl adjacent to an activating group) is 1. The van der Waals surface area contributed by atoms with Crippen molar-refractivity contribution in [3.63, 3.8) is 0 Å². The van der Waals surface area contributed by atoms with E-state index >= 15 is 0 Å². The molecule has 0 saturated heterocycles. The molecule has 1 aromatic carbocycles. The molecule has 4 nitrogen and oxygen atoms in total. The summed E-state index contributed by atoms with van der Waals surface area (Å²) in [6.07, 6.45) is 0. The molecule has 1 rings (SSSR count). The predicted molar refractivity (Wildman–Crippen MR) is 80.5 cm³/mol.